The van der Waals surface area contributed by atoms with E-state index >= 15 is 0 Å². The SMILES string of the molecule is C[N+](=C1C=CC(=C2C=C(c3ccccc3)SC(c3ccccc3)=C2)C=C1)c1ccccc1. The quantitative estimate of drug-likeness (QED) is 0.386. The van der Waals surface area contributed by atoms with Crippen LogP contribution in [0.3, 0.4) is 0 Å². The number of hydrogen-bond donors (Lipinski definition) is 0. The summed E-state index contributed by atoms with van der Waals surface area (Å²) >= 11 is 1.83. The van der Waals surface area contributed by atoms with Crippen molar-refractivity contribution in [3.05, 3.63) is 150 Å². The van der Waals surface area contributed by atoms with Crippen molar-refractivity contribution >= 4 is 33.0 Å². The lowest BCUT2D eigenvalue weighted by atomic mass is 9.99. The van der Waals surface area contributed by atoms with Crippen LogP contribution in [0.1, 0.15) is 11.1 Å². The lowest BCUT2D eigenvalue weighted by molar-refractivity contribution is -0.403. The van der Waals surface area contributed by atoms with Crippen LogP contribution >= 0.6 is 11.8 Å². The van der Waals surface area contributed by atoms with E-state index < -0.39 is 0 Å². The summed E-state index contributed by atoms with van der Waals surface area (Å²) in [6.07, 6.45) is 13.5. The van der Waals surface area contributed by atoms with Crippen molar-refractivity contribution in [2.75, 3.05) is 7.05 Å². The van der Waals surface area contributed by atoms with Gasteiger partial charge in [0, 0.05) is 34.1 Å². The summed E-state index contributed by atoms with van der Waals surface area (Å²) in [5.74, 6) is 0. The number of benzene rings is 3. The fourth-order valence-corrected chi connectivity index (χ4v) is 4.95. The molecule has 0 atom stereocenters. The van der Waals surface area contributed by atoms with Crippen LogP contribution in [0.25, 0.3) is 9.81 Å². The van der Waals surface area contributed by atoms with Gasteiger partial charge in [0.15, 0.2) is 0 Å². The Morgan fingerprint density at radius 3 is 1.50 bits per heavy atom. The Morgan fingerprint density at radius 1 is 0.531 bits per heavy atom. The molecule has 0 unspecified atom stereocenters. The molecule has 1 heterocycles. The highest BCUT2D eigenvalue weighted by atomic mass is 32.2. The minimum absolute atomic E-state index is 1.17. The molecule has 3 aromatic rings. The molecule has 0 saturated carbocycles. The Bertz CT molecular complexity index is 1230. The Kier molecular flexibility index (Phi) is 5.87. The summed E-state index contributed by atoms with van der Waals surface area (Å²) in [7, 11) is 2.11. The summed E-state index contributed by atoms with van der Waals surface area (Å²) in [6.45, 7) is 0. The molecule has 0 spiro atoms. The van der Waals surface area contributed by atoms with Gasteiger partial charge in [-0.2, -0.15) is 4.58 Å². The van der Waals surface area contributed by atoms with Crippen LogP contribution in [0, 0.1) is 0 Å². The lowest BCUT2D eigenvalue weighted by Crippen LogP contribution is -2.10. The second-order valence-electron chi connectivity index (χ2n) is 7.75. The molecule has 0 amide bonds. The topological polar surface area (TPSA) is 3.01 Å². The van der Waals surface area contributed by atoms with Crippen LogP contribution in [-0.4, -0.2) is 17.3 Å². The molecule has 154 valence electrons. The number of para-hydroxylation sites is 1. The molecule has 5 rings (SSSR count). The van der Waals surface area contributed by atoms with Crippen molar-refractivity contribution in [3.63, 3.8) is 0 Å². The average Bonchev–Trinajstić information content (AvgIpc) is 2.89. The third kappa shape index (κ3) is 4.37. The molecule has 2 heteroatoms. The standard InChI is InChI=1S/C30H24NS/c1-31(27-15-9-4-10-16-27)28-19-17-23(18-20-28)26-21-29(24-11-5-2-6-12-24)32-30(22-26)25-13-7-3-8-14-25/h2-22H,1H3/q+1. The maximum atomic E-state index is 2.31. The van der Waals surface area contributed by atoms with Gasteiger partial charge in [-0.05, 0) is 46.6 Å². The van der Waals surface area contributed by atoms with Crippen molar-refractivity contribution in [1.82, 2.24) is 0 Å². The van der Waals surface area contributed by atoms with Gasteiger partial charge >= 0.3 is 0 Å². The first kappa shape index (κ1) is 20.3. The monoisotopic (exact) mass is 430 g/mol. The van der Waals surface area contributed by atoms with E-state index in [4.69, 9.17) is 0 Å². The molecule has 1 aliphatic heterocycles. The zero-order valence-electron chi connectivity index (χ0n) is 18.0. The first-order chi connectivity index (χ1) is 15.8. The Morgan fingerprint density at radius 2 is 1.00 bits per heavy atom. The number of allylic oxidation sites excluding steroid dienone is 8. The van der Waals surface area contributed by atoms with Gasteiger partial charge in [-0.1, -0.05) is 90.6 Å². The summed E-state index contributed by atoms with van der Waals surface area (Å²) in [4.78, 5) is 2.54. The lowest BCUT2D eigenvalue weighted by Gasteiger charge is -2.18. The van der Waals surface area contributed by atoms with E-state index in [1.54, 1.807) is 0 Å². The van der Waals surface area contributed by atoms with E-state index in [-0.39, 0.29) is 0 Å². The van der Waals surface area contributed by atoms with Crippen molar-refractivity contribution in [1.29, 1.82) is 0 Å². The van der Waals surface area contributed by atoms with E-state index in [0.717, 1.165) is 0 Å². The van der Waals surface area contributed by atoms with Crippen LogP contribution in [-0.2, 0) is 0 Å². The molecular formula is C30H24NS+. The minimum atomic E-state index is 1.17. The van der Waals surface area contributed by atoms with Crippen LogP contribution in [0.4, 0.5) is 5.69 Å². The van der Waals surface area contributed by atoms with Gasteiger partial charge in [-0.25, -0.2) is 0 Å². The summed E-state index contributed by atoms with van der Waals surface area (Å²) < 4.78 is 2.21. The molecule has 2 aliphatic rings. The van der Waals surface area contributed by atoms with Crippen LogP contribution in [0.5, 0.6) is 0 Å². The van der Waals surface area contributed by atoms with Crippen molar-refractivity contribution in [2.45, 2.75) is 0 Å². The highest BCUT2D eigenvalue weighted by Crippen LogP contribution is 2.44. The Labute approximate surface area is 194 Å². The van der Waals surface area contributed by atoms with Crippen LogP contribution in [0.2, 0.25) is 0 Å². The molecule has 0 saturated heterocycles. The first-order valence-corrected chi connectivity index (χ1v) is 11.6. The summed E-state index contributed by atoms with van der Waals surface area (Å²) in [5, 5.41) is 0. The second kappa shape index (κ2) is 9.25. The zero-order chi connectivity index (χ0) is 21.8. The predicted octanol–water partition coefficient (Wildman–Crippen LogP) is 7.65. The summed E-state index contributed by atoms with van der Waals surface area (Å²) in [5.41, 5.74) is 7.30. The molecule has 1 aliphatic carbocycles. The van der Waals surface area contributed by atoms with Crippen molar-refractivity contribution in [3.8, 4) is 0 Å². The first-order valence-electron chi connectivity index (χ1n) is 10.8. The molecule has 0 N–H and O–H groups in total. The van der Waals surface area contributed by atoms with E-state index in [2.05, 4.69) is 133 Å². The highest BCUT2D eigenvalue weighted by molar-refractivity contribution is 8.16. The van der Waals surface area contributed by atoms with Crippen LogP contribution in [0.15, 0.2) is 139 Å². The highest BCUT2D eigenvalue weighted by Gasteiger charge is 2.17. The Balaban J connectivity index is 1.55. The van der Waals surface area contributed by atoms with Crippen LogP contribution < -0.4 is 0 Å². The van der Waals surface area contributed by atoms with Gasteiger partial charge in [-0.3, -0.25) is 0 Å². The molecule has 0 aromatic heterocycles. The van der Waals surface area contributed by atoms with Gasteiger partial charge in [0.2, 0.25) is 11.4 Å². The second-order valence-corrected chi connectivity index (χ2v) is 8.83. The van der Waals surface area contributed by atoms with Gasteiger partial charge in [-0.15, -0.1) is 0 Å². The molecule has 0 radical (unpaired) electrons. The van der Waals surface area contributed by atoms with Crippen molar-refractivity contribution < 1.29 is 4.58 Å². The minimum Gasteiger partial charge on any atom is -0.195 e. The summed E-state index contributed by atoms with van der Waals surface area (Å²) in [6, 6.07) is 31.7. The molecule has 0 fully saturated rings. The largest absolute Gasteiger partial charge is 0.205 e. The Hall–Kier alpha value is -3.62. The number of rotatable bonds is 3. The third-order valence-corrected chi connectivity index (χ3v) is 6.79. The smallest absolute Gasteiger partial charge is 0.195 e. The molecule has 3 aromatic carbocycles. The van der Waals surface area contributed by atoms with Gasteiger partial charge in [0.1, 0.15) is 7.05 Å². The predicted molar refractivity (Wildman–Crippen MR) is 139 cm³/mol. The van der Waals surface area contributed by atoms with E-state index in [9.17, 15) is 0 Å². The van der Waals surface area contributed by atoms with E-state index in [1.165, 1.54) is 43.5 Å². The molecule has 1 nitrogen and oxygen atoms in total. The zero-order valence-corrected chi connectivity index (χ0v) is 18.8. The fourth-order valence-electron chi connectivity index (χ4n) is 3.84. The van der Waals surface area contributed by atoms with E-state index in [0.29, 0.717) is 0 Å². The maximum absolute atomic E-state index is 2.31. The average molecular weight is 431 g/mol. The van der Waals surface area contributed by atoms with Gasteiger partial charge < -0.3 is 0 Å². The molecule has 32 heavy (non-hydrogen) atoms. The third-order valence-electron chi connectivity index (χ3n) is 5.64. The number of thioether (sulfide) groups is 1. The van der Waals surface area contributed by atoms with E-state index in [1.807, 2.05) is 17.8 Å². The maximum Gasteiger partial charge on any atom is 0.205 e. The number of hydrogen-bond acceptors (Lipinski definition) is 1. The normalized spacial score (nSPS) is 15.5. The van der Waals surface area contributed by atoms with Gasteiger partial charge in [0.25, 0.3) is 0 Å². The fraction of sp³-hybridized carbons (Fsp3) is 0.0333. The molecular weight excluding hydrogens is 406 g/mol. The van der Waals surface area contributed by atoms with Gasteiger partial charge in [0.05, 0.1) is 0 Å². The van der Waals surface area contributed by atoms with Crippen molar-refractivity contribution in [2.24, 2.45) is 0 Å². The molecule has 0 bridgehead atoms. The number of nitrogens with zero attached hydrogens (tertiary/aromatic N) is 1.